The zero-order valence-corrected chi connectivity index (χ0v) is 19.0. The molecule has 0 aromatic heterocycles. The largest absolute Gasteiger partial charge is 0.489 e. The van der Waals surface area contributed by atoms with Crippen molar-refractivity contribution in [1.82, 2.24) is 10.2 Å². The SMILES string of the molecule is O=C(NCC(O)COc1cccc(Cl)c1Cl)C1CCN(C(=O)COc2ccccc2)CC1. The van der Waals surface area contributed by atoms with Gasteiger partial charge >= 0.3 is 0 Å². The number of halogens is 2. The van der Waals surface area contributed by atoms with Gasteiger partial charge in [0.05, 0.1) is 5.02 Å². The Morgan fingerprint density at radius 1 is 1.06 bits per heavy atom. The van der Waals surface area contributed by atoms with Crippen molar-refractivity contribution in [3.63, 3.8) is 0 Å². The second kappa shape index (κ2) is 11.9. The third-order valence-electron chi connectivity index (χ3n) is 5.18. The molecule has 1 saturated heterocycles. The number of piperidine rings is 1. The van der Waals surface area contributed by atoms with E-state index in [1.807, 2.05) is 18.2 Å². The molecular formula is C23H26Cl2N2O5. The molecule has 3 rings (SSSR count). The first-order valence-electron chi connectivity index (χ1n) is 10.4. The lowest BCUT2D eigenvalue weighted by molar-refractivity contribution is -0.137. The maximum absolute atomic E-state index is 12.4. The Labute approximate surface area is 197 Å². The molecule has 32 heavy (non-hydrogen) atoms. The Hall–Kier alpha value is -2.48. The van der Waals surface area contributed by atoms with Crippen LogP contribution in [0.5, 0.6) is 11.5 Å². The number of nitrogens with one attached hydrogen (secondary N) is 1. The van der Waals surface area contributed by atoms with E-state index in [-0.39, 0.29) is 42.5 Å². The summed E-state index contributed by atoms with van der Waals surface area (Å²) in [6.45, 7) is 0.988. The van der Waals surface area contributed by atoms with Crippen LogP contribution in [-0.4, -0.2) is 60.8 Å². The lowest BCUT2D eigenvalue weighted by Gasteiger charge is -2.31. The highest BCUT2D eigenvalue weighted by Gasteiger charge is 2.27. The van der Waals surface area contributed by atoms with Gasteiger partial charge in [-0.15, -0.1) is 0 Å². The van der Waals surface area contributed by atoms with E-state index in [1.165, 1.54) is 0 Å². The molecule has 1 fully saturated rings. The lowest BCUT2D eigenvalue weighted by Crippen LogP contribution is -2.45. The molecule has 9 heteroatoms. The van der Waals surface area contributed by atoms with E-state index in [4.69, 9.17) is 32.7 Å². The number of para-hydroxylation sites is 1. The number of nitrogens with zero attached hydrogens (tertiary/aromatic N) is 1. The predicted octanol–water partition coefficient (Wildman–Crippen LogP) is 3.17. The minimum atomic E-state index is -0.897. The highest BCUT2D eigenvalue weighted by molar-refractivity contribution is 6.42. The molecule has 2 N–H and O–H groups in total. The highest BCUT2D eigenvalue weighted by atomic mass is 35.5. The molecule has 7 nitrogen and oxygen atoms in total. The minimum absolute atomic E-state index is 0.0241. The van der Waals surface area contributed by atoms with Crippen LogP contribution in [0.4, 0.5) is 0 Å². The van der Waals surface area contributed by atoms with Crippen LogP contribution < -0.4 is 14.8 Å². The Morgan fingerprint density at radius 3 is 2.50 bits per heavy atom. The van der Waals surface area contributed by atoms with Gasteiger partial charge in [0.25, 0.3) is 5.91 Å². The molecule has 1 heterocycles. The fourth-order valence-corrected chi connectivity index (χ4v) is 3.69. The molecule has 1 aliphatic rings. The average molecular weight is 481 g/mol. The number of likely N-dealkylation sites (tertiary alicyclic amines) is 1. The molecule has 0 bridgehead atoms. The number of benzene rings is 2. The summed E-state index contributed by atoms with van der Waals surface area (Å²) in [6.07, 6.45) is 0.229. The smallest absolute Gasteiger partial charge is 0.260 e. The first kappa shape index (κ1) is 24.2. The number of aliphatic hydroxyl groups excluding tert-OH is 1. The standard InChI is InChI=1S/C23H26Cl2N2O5/c24-19-7-4-8-20(22(19)25)32-14-17(28)13-26-23(30)16-9-11-27(12-10-16)21(29)15-31-18-5-2-1-3-6-18/h1-8,16-17,28H,9-15H2,(H,26,30). The molecule has 2 aromatic rings. The van der Waals surface area contributed by atoms with Crippen LogP contribution in [0.1, 0.15) is 12.8 Å². The zero-order valence-electron chi connectivity index (χ0n) is 17.5. The summed E-state index contributed by atoms with van der Waals surface area (Å²) >= 11 is 12.0. The Kier molecular flexibility index (Phi) is 9.02. The van der Waals surface area contributed by atoms with Crippen molar-refractivity contribution in [2.24, 2.45) is 5.92 Å². The van der Waals surface area contributed by atoms with E-state index < -0.39 is 6.10 Å². The Balaban J connectivity index is 1.34. The highest BCUT2D eigenvalue weighted by Crippen LogP contribution is 2.31. The van der Waals surface area contributed by atoms with Crippen LogP contribution >= 0.6 is 23.2 Å². The summed E-state index contributed by atoms with van der Waals surface area (Å²) in [5.74, 6) is 0.579. The van der Waals surface area contributed by atoms with Crippen molar-refractivity contribution in [2.75, 3.05) is 32.8 Å². The Bertz CT molecular complexity index is 905. The van der Waals surface area contributed by atoms with Gasteiger partial charge < -0.3 is 24.8 Å². The lowest BCUT2D eigenvalue weighted by atomic mass is 9.96. The molecule has 0 saturated carbocycles. The molecule has 172 valence electrons. The summed E-state index contributed by atoms with van der Waals surface area (Å²) in [7, 11) is 0. The van der Waals surface area contributed by atoms with Gasteiger partial charge in [0.15, 0.2) is 6.61 Å². The fraction of sp³-hybridized carbons (Fsp3) is 0.391. The number of hydrogen-bond acceptors (Lipinski definition) is 5. The van der Waals surface area contributed by atoms with Gasteiger partial charge in [-0.1, -0.05) is 47.5 Å². The van der Waals surface area contributed by atoms with E-state index >= 15 is 0 Å². The fourth-order valence-electron chi connectivity index (χ4n) is 3.35. The zero-order chi connectivity index (χ0) is 22.9. The van der Waals surface area contributed by atoms with Gasteiger partial charge in [0, 0.05) is 25.6 Å². The quantitative estimate of drug-likeness (QED) is 0.575. The number of carbonyl (C=O) groups excluding carboxylic acids is 2. The van der Waals surface area contributed by atoms with Gasteiger partial charge in [-0.05, 0) is 37.1 Å². The average Bonchev–Trinajstić information content (AvgIpc) is 2.82. The van der Waals surface area contributed by atoms with Gasteiger partial charge in [0.2, 0.25) is 5.91 Å². The maximum Gasteiger partial charge on any atom is 0.260 e. The number of amides is 2. The van der Waals surface area contributed by atoms with Gasteiger partial charge in [0.1, 0.15) is 29.2 Å². The molecule has 0 radical (unpaired) electrons. The van der Waals surface area contributed by atoms with Crippen molar-refractivity contribution in [2.45, 2.75) is 18.9 Å². The second-order valence-corrected chi connectivity index (χ2v) is 8.30. The van der Waals surface area contributed by atoms with Crippen molar-refractivity contribution < 1.29 is 24.2 Å². The third-order valence-corrected chi connectivity index (χ3v) is 5.98. The summed E-state index contributed by atoms with van der Waals surface area (Å²) in [5.41, 5.74) is 0. The minimum Gasteiger partial charge on any atom is -0.489 e. The second-order valence-electron chi connectivity index (χ2n) is 7.52. The van der Waals surface area contributed by atoms with Crippen LogP contribution in [0.25, 0.3) is 0 Å². The number of carbonyl (C=O) groups is 2. The molecule has 2 amide bonds. The van der Waals surface area contributed by atoms with Crippen LogP contribution in [0.3, 0.4) is 0 Å². The summed E-state index contributed by atoms with van der Waals surface area (Å²) < 4.78 is 11.0. The molecule has 0 spiro atoms. The van der Waals surface area contributed by atoms with E-state index in [1.54, 1.807) is 35.2 Å². The van der Waals surface area contributed by atoms with Crippen molar-refractivity contribution in [3.05, 3.63) is 58.6 Å². The van der Waals surface area contributed by atoms with Crippen LogP contribution in [0, 0.1) is 5.92 Å². The maximum atomic E-state index is 12.4. The van der Waals surface area contributed by atoms with Crippen LogP contribution in [0.15, 0.2) is 48.5 Å². The van der Waals surface area contributed by atoms with Crippen molar-refractivity contribution in [3.8, 4) is 11.5 Å². The first-order valence-corrected chi connectivity index (χ1v) is 11.2. The van der Waals surface area contributed by atoms with E-state index in [2.05, 4.69) is 5.32 Å². The third kappa shape index (κ3) is 7.02. The Morgan fingerprint density at radius 2 is 1.78 bits per heavy atom. The van der Waals surface area contributed by atoms with Gasteiger partial charge in [-0.3, -0.25) is 9.59 Å². The van der Waals surface area contributed by atoms with Crippen molar-refractivity contribution in [1.29, 1.82) is 0 Å². The van der Waals surface area contributed by atoms with Crippen molar-refractivity contribution >= 4 is 35.0 Å². The first-order chi connectivity index (χ1) is 15.4. The monoisotopic (exact) mass is 480 g/mol. The van der Waals surface area contributed by atoms with E-state index in [0.29, 0.717) is 42.5 Å². The number of hydrogen-bond donors (Lipinski definition) is 2. The number of aliphatic hydroxyl groups is 1. The molecule has 1 aliphatic heterocycles. The molecular weight excluding hydrogens is 455 g/mol. The summed E-state index contributed by atoms with van der Waals surface area (Å²) in [6, 6.07) is 14.2. The number of rotatable bonds is 9. The normalized spacial score (nSPS) is 15.2. The van der Waals surface area contributed by atoms with Crippen LogP contribution in [0.2, 0.25) is 10.0 Å². The molecule has 0 aliphatic carbocycles. The molecule has 1 atom stereocenters. The van der Waals surface area contributed by atoms with Crippen LogP contribution in [-0.2, 0) is 9.59 Å². The number of ether oxygens (including phenoxy) is 2. The molecule has 1 unspecified atom stereocenters. The molecule has 2 aromatic carbocycles. The summed E-state index contributed by atoms with van der Waals surface area (Å²) in [4.78, 5) is 26.5. The van der Waals surface area contributed by atoms with E-state index in [9.17, 15) is 14.7 Å². The van der Waals surface area contributed by atoms with Gasteiger partial charge in [-0.25, -0.2) is 0 Å². The predicted molar refractivity (Wildman–Crippen MR) is 122 cm³/mol. The summed E-state index contributed by atoms with van der Waals surface area (Å²) in [5, 5.41) is 13.5. The van der Waals surface area contributed by atoms with Gasteiger partial charge in [-0.2, -0.15) is 0 Å². The van der Waals surface area contributed by atoms with E-state index in [0.717, 1.165) is 0 Å². The topological polar surface area (TPSA) is 88.1 Å².